The number of carbonyl (C=O) groups is 1. The van der Waals surface area contributed by atoms with E-state index in [-0.39, 0.29) is 6.42 Å². The van der Waals surface area contributed by atoms with Crippen LogP contribution in [-0.4, -0.2) is 31.3 Å². The van der Waals surface area contributed by atoms with Crippen molar-refractivity contribution in [1.82, 2.24) is 20.2 Å². The van der Waals surface area contributed by atoms with E-state index in [0.717, 1.165) is 18.7 Å². The van der Waals surface area contributed by atoms with Crippen molar-refractivity contribution < 1.29 is 9.90 Å². The summed E-state index contributed by atoms with van der Waals surface area (Å²) in [5.74, 6) is 0.384. The number of hydrogen-bond acceptors (Lipinski definition) is 4. The van der Waals surface area contributed by atoms with Crippen molar-refractivity contribution in [3.8, 4) is 0 Å². The van der Waals surface area contributed by atoms with Gasteiger partial charge in [0.2, 0.25) is 0 Å². The summed E-state index contributed by atoms with van der Waals surface area (Å²) >= 11 is 0. The zero-order chi connectivity index (χ0) is 9.26. The highest BCUT2D eigenvalue weighted by Gasteiger charge is 2.28. The summed E-state index contributed by atoms with van der Waals surface area (Å²) in [6.45, 7) is 0.301. The average Bonchev–Trinajstić information content (AvgIpc) is 2.83. The molecule has 0 amide bonds. The molecule has 0 bridgehead atoms. The molecular formula is C7H10N4O2. The summed E-state index contributed by atoms with van der Waals surface area (Å²) in [6, 6.07) is 0. The van der Waals surface area contributed by atoms with Crippen LogP contribution in [0.5, 0.6) is 0 Å². The molecule has 1 heterocycles. The molecule has 1 aliphatic rings. The third kappa shape index (κ3) is 2.01. The van der Waals surface area contributed by atoms with Crippen LogP contribution in [-0.2, 0) is 11.3 Å². The predicted octanol–water partition coefficient (Wildman–Crippen LogP) is 0.0252. The monoisotopic (exact) mass is 182 g/mol. The van der Waals surface area contributed by atoms with Gasteiger partial charge in [-0.1, -0.05) is 0 Å². The number of hydrogen-bond donors (Lipinski definition) is 1. The quantitative estimate of drug-likeness (QED) is 0.710. The van der Waals surface area contributed by atoms with E-state index in [2.05, 4.69) is 15.4 Å². The van der Waals surface area contributed by atoms with Crippen molar-refractivity contribution in [3.05, 3.63) is 5.82 Å². The van der Waals surface area contributed by atoms with Crippen LogP contribution in [0, 0.1) is 0 Å². The molecule has 0 spiro atoms. The number of nitrogens with zero attached hydrogens (tertiary/aromatic N) is 4. The Morgan fingerprint density at radius 3 is 3.00 bits per heavy atom. The minimum absolute atomic E-state index is 0.0421. The molecule has 6 heteroatoms. The summed E-state index contributed by atoms with van der Waals surface area (Å²) in [7, 11) is 0. The Balaban J connectivity index is 1.92. The number of tetrazole rings is 1. The van der Waals surface area contributed by atoms with Crippen LogP contribution >= 0.6 is 0 Å². The van der Waals surface area contributed by atoms with Crippen molar-refractivity contribution in [2.45, 2.75) is 31.7 Å². The molecule has 0 unspecified atom stereocenters. The van der Waals surface area contributed by atoms with Crippen molar-refractivity contribution in [1.29, 1.82) is 0 Å². The third-order valence-corrected chi connectivity index (χ3v) is 1.94. The van der Waals surface area contributed by atoms with Crippen LogP contribution in [0.4, 0.5) is 0 Å². The fraction of sp³-hybridized carbons (Fsp3) is 0.714. The van der Waals surface area contributed by atoms with E-state index in [0.29, 0.717) is 12.5 Å². The number of carboxylic acids is 1. The van der Waals surface area contributed by atoms with Gasteiger partial charge in [0.1, 0.15) is 0 Å². The molecule has 0 aromatic carbocycles. The fourth-order valence-corrected chi connectivity index (χ4v) is 1.05. The Morgan fingerprint density at radius 1 is 1.62 bits per heavy atom. The summed E-state index contributed by atoms with van der Waals surface area (Å²) < 4.78 is 0. The second-order valence-electron chi connectivity index (χ2n) is 3.16. The van der Waals surface area contributed by atoms with Crippen LogP contribution in [0.1, 0.15) is 31.0 Å². The molecule has 2 rings (SSSR count). The Labute approximate surface area is 74.6 Å². The molecule has 13 heavy (non-hydrogen) atoms. The number of aromatic nitrogens is 4. The Morgan fingerprint density at radius 2 is 2.38 bits per heavy atom. The van der Waals surface area contributed by atoms with Gasteiger partial charge in [-0.25, -0.2) is 0 Å². The molecule has 1 aliphatic carbocycles. The molecule has 0 saturated heterocycles. The van der Waals surface area contributed by atoms with Gasteiger partial charge in [0, 0.05) is 5.92 Å². The molecular weight excluding hydrogens is 172 g/mol. The van der Waals surface area contributed by atoms with Crippen LogP contribution < -0.4 is 0 Å². The summed E-state index contributed by atoms with van der Waals surface area (Å²) in [5.41, 5.74) is 0. The first-order chi connectivity index (χ1) is 6.25. The zero-order valence-corrected chi connectivity index (χ0v) is 7.05. The van der Waals surface area contributed by atoms with Crippen molar-refractivity contribution in [2.24, 2.45) is 0 Å². The van der Waals surface area contributed by atoms with Gasteiger partial charge in [0.15, 0.2) is 5.82 Å². The SMILES string of the molecule is O=C(O)CCn1nnc(C2CC2)n1. The van der Waals surface area contributed by atoms with Gasteiger partial charge >= 0.3 is 5.97 Å². The highest BCUT2D eigenvalue weighted by Crippen LogP contribution is 2.37. The number of aryl methyl sites for hydroxylation is 1. The number of carboxylic acid groups (broad SMARTS) is 1. The highest BCUT2D eigenvalue weighted by molar-refractivity contribution is 5.66. The highest BCUT2D eigenvalue weighted by atomic mass is 16.4. The van der Waals surface area contributed by atoms with E-state index in [9.17, 15) is 4.79 Å². The molecule has 1 saturated carbocycles. The van der Waals surface area contributed by atoms with Crippen LogP contribution in [0.3, 0.4) is 0 Å². The molecule has 0 atom stereocenters. The van der Waals surface area contributed by atoms with Crippen molar-refractivity contribution >= 4 is 5.97 Å². The maximum absolute atomic E-state index is 10.2. The van der Waals surface area contributed by atoms with E-state index >= 15 is 0 Å². The van der Waals surface area contributed by atoms with Crippen LogP contribution in [0.25, 0.3) is 0 Å². The Hall–Kier alpha value is -1.46. The molecule has 1 fully saturated rings. The van der Waals surface area contributed by atoms with E-state index < -0.39 is 5.97 Å². The molecule has 1 aromatic rings. The first-order valence-electron chi connectivity index (χ1n) is 4.25. The lowest BCUT2D eigenvalue weighted by atomic mass is 10.4. The van der Waals surface area contributed by atoms with E-state index in [1.165, 1.54) is 4.80 Å². The molecule has 0 aliphatic heterocycles. The lowest BCUT2D eigenvalue weighted by Gasteiger charge is -1.92. The second-order valence-corrected chi connectivity index (χ2v) is 3.16. The zero-order valence-electron chi connectivity index (χ0n) is 7.05. The predicted molar refractivity (Wildman–Crippen MR) is 42.0 cm³/mol. The molecule has 70 valence electrons. The van der Waals surface area contributed by atoms with Gasteiger partial charge < -0.3 is 5.11 Å². The van der Waals surface area contributed by atoms with Crippen molar-refractivity contribution in [2.75, 3.05) is 0 Å². The van der Waals surface area contributed by atoms with Gasteiger partial charge in [-0.3, -0.25) is 4.79 Å². The Kier molecular flexibility index (Phi) is 1.96. The lowest BCUT2D eigenvalue weighted by Crippen LogP contribution is -2.07. The fourth-order valence-electron chi connectivity index (χ4n) is 1.05. The maximum Gasteiger partial charge on any atom is 0.305 e. The summed E-state index contributed by atoms with van der Waals surface area (Å²) in [6.07, 6.45) is 2.30. The van der Waals surface area contributed by atoms with Crippen molar-refractivity contribution in [3.63, 3.8) is 0 Å². The van der Waals surface area contributed by atoms with E-state index in [1.807, 2.05) is 0 Å². The molecule has 1 N–H and O–H groups in total. The number of aliphatic carboxylic acids is 1. The lowest BCUT2D eigenvalue weighted by molar-refractivity contribution is -0.137. The summed E-state index contributed by atoms with van der Waals surface area (Å²) in [5, 5.41) is 20.1. The van der Waals surface area contributed by atoms with Gasteiger partial charge in [0.25, 0.3) is 0 Å². The second kappa shape index (κ2) is 3.12. The van der Waals surface area contributed by atoms with Gasteiger partial charge in [-0.2, -0.15) is 4.80 Å². The largest absolute Gasteiger partial charge is 0.481 e. The molecule has 6 nitrogen and oxygen atoms in total. The maximum atomic E-state index is 10.2. The first kappa shape index (κ1) is 8.15. The minimum atomic E-state index is -0.842. The molecule has 0 radical (unpaired) electrons. The number of rotatable bonds is 4. The van der Waals surface area contributed by atoms with Gasteiger partial charge in [-0.05, 0) is 18.1 Å². The summed E-state index contributed by atoms with van der Waals surface area (Å²) in [4.78, 5) is 11.6. The normalized spacial score (nSPS) is 16.0. The third-order valence-electron chi connectivity index (χ3n) is 1.94. The smallest absolute Gasteiger partial charge is 0.305 e. The minimum Gasteiger partial charge on any atom is -0.481 e. The molecule has 1 aromatic heterocycles. The first-order valence-corrected chi connectivity index (χ1v) is 4.25. The Bertz CT molecular complexity index is 318. The van der Waals surface area contributed by atoms with E-state index in [4.69, 9.17) is 5.11 Å². The van der Waals surface area contributed by atoms with E-state index in [1.54, 1.807) is 0 Å². The standard InChI is InChI=1S/C7H10N4O2/c12-6(13)3-4-11-9-7(8-10-11)5-1-2-5/h5H,1-4H2,(H,12,13). The van der Waals surface area contributed by atoms with Gasteiger partial charge in [-0.15, -0.1) is 10.2 Å². The van der Waals surface area contributed by atoms with Crippen LogP contribution in [0.2, 0.25) is 0 Å². The van der Waals surface area contributed by atoms with Crippen LogP contribution in [0.15, 0.2) is 0 Å². The topological polar surface area (TPSA) is 80.9 Å². The van der Waals surface area contributed by atoms with Gasteiger partial charge in [0.05, 0.1) is 13.0 Å². The average molecular weight is 182 g/mol.